The number of azo groups is 1. The Balaban J connectivity index is 1.65. The molecule has 11 nitrogen and oxygen atoms in total. The molecule has 4 aromatic rings. The molecule has 1 N–H and O–H groups in total. The molecule has 0 fully saturated rings. The van der Waals surface area contributed by atoms with Crippen LogP contribution in [0.4, 0.5) is 17.6 Å². The van der Waals surface area contributed by atoms with Crippen LogP contribution in [0.1, 0.15) is 17.0 Å². The highest BCUT2D eigenvalue weighted by Gasteiger charge is 2.14. The van der Waals surface area contributed by atoms with Crippen molar-refractivity contribution < 1.29 is 14.2 Å². The van der Waals surface area contributed by atoms with E-state index in [9.17, 15) is 0 Å². The quantitative estimate of drug-likeness (QED) is 0.346. The van der Waals surface area contributed by atoms with Crippen molar-refractivity contribution in [2.24, 2.45) is 10.2 Å². The first-order chi connectivity index (χ1) is 17.0. The second-order valence-electron chi connectivity index (χ2n) is 7.52. The molecular formula is C24H26N8O3. The van der Waals surface area contributed by atoms with Crippen LogP contribution in [0.5, 0.6) is 17.2 Å². The van der Waals surface area contributed by atoms with Crippen molar-refractivity contribution in [2.75, 3.05) is 26.6 Å². The Hall–Kier alpha value is -4.54. The maximum absolute atomic E-state index is 5.41. The van der Waals surface area contributed by atoms with E-state index >= 15 is 0 Å². The summed E-state index contributed by atoms with van der Waals surface area (Å²) in [7, 11) is 4.69. The molecule has 0 amide bonds. The third-order valence-electron chi connectivity index (χ3n) is 4.98. The van der Waals surface area contributed by atoms with Crippen LogP contribution in [0.2, 0.25) is 0 Å². The zero-order chi connectivity index (χ0) is 24.8. The highest BCUT2D eigenvalue weighted by Crippen LogP contribution is 2.38. The summed E-state index contributed by atoms with van der Waals surface area (Å²) in [5, 5.41) is 16.2. The van der Waals surface area contributed by atoms with Gasteiger partial charge in [0.25, 0.3) is 11.9 Å². The van der Waals surface area contributed by atoms with Crippen LogP contribution < -0.4 is 19.5 Å². The van der Waals surface area contributed by atoms with Crippen LogP contribution in [-0.4, -0.2) is 46.1 Å². The van der Waals surface area contributed by atoms with E-state index in [0.717, 1.165) is 22.6 Å². The number of nitrogens with zero attached hydrogens (tertiary/aromatic N) is 7. The van der Waals surface area contributed by atoms with Gasteiger partial charge < -0.3 is 19.5 Å². The normalized spacial score (nSPS) is 11.0. The summed E-state index contributed by atoms with van der Waals surface area (Å²) in [5.41, 5.74) is 3.39. The first-order valence-corrected chi connectivity index (χ1v) is 10.8. The van der Waals surface area contributed by atoms with Crippen molar-refractivity contribution in [3.05, 3.63) is 65.5 Å². The smallest absolute Gasteiger partial charge is 0.275 e. The number of hydrogen-bond donors (Lipinski definition) is 1. The lowest BCUT2D eigenvalue weighted by atomic mass is 10.2. The summed E-state index contributed by atoms with van der Waals surface area (Å²) >= 11 is 0. The number of benzene rings is 2. The van der Waals surface area contributed by atoms with Crippen LogP contribution in [-0.2, 0) is 6.54 Å². The highest BCUT2D eigenvalue weighted by atomic mass is 16.5. The van der Waals surface area contributed by atoms with Gasteiger partial charge in [-0.25, -0.2) is 4.68 Å². The topological polar surface area (TPSA) is 121 Å². The number of aromatic nitrogens is 5. The molecule has 0 radical (unpaired) electrons. The Morgan fingerprint density at radius 2 is 1.60 bits per heavy atom. The van der Waals surface area contributed by atoms with E-state index in [0.29, 0.717) is 29.1 Å². The third-order valence-corrected chi connectivity index (χ3v) is 4.98. The summed E-state index contributed by atoms with van der Waals surface area (Å²) in [6.45, 7) is 4.09. The minimum atomic E-state index is 0.147. The molecule has 0 saturated carbocycles. The second-order valence-corrected chi connectivity index (χ2v) is 7.52. The molecule has 2 aromatic carbocycles. The Labute approximate surface area is 202 Å². The molecule has 0 atom stereocenters. The fraction of sp³-hybridized carbons (Fsp3) is 0.250. The highest BCUT2D eigenvalue weighted by molar-refractivity contribution is 5.54. The van der Waals surface area contributed by atoms with E-state index < -0.39 is 0 Å². The van der Waals surface area contributed by atoms with Gasteiger partial charge in [-0.2, -0.15) is 25.2 Å². The van der Waals surface area contributed by atoms with Gasteiger partial charge in [0.1, 0.15) is 0 Å². The van der Waals surface area contributed by atoms with E-state index in [1.54, 1.807) is 26.0 Å². The predicted molar refractivity (Wildman–Crippen MR) is 130 cm³/mol. The molecule has 2 heterocycles. The monoisotopic (exact) mass is 474 g/mol. The maximum Gasteiger partial charge on any atom is 0.275 e. The molecule has 180 valence electrons. The van der Waals surface area contributed by atoms with E-state index in [-0.39, 0.29) is 12.5 Å². The summed E-state index contributed by atoms with van der Waals surface area (Å²) in [6, 6.07) is 15.2. The molecule has 0 saturated heterocycles. The number of rotatable bonds is 9. The lowest BCUT2D eigenvalue weighted by Gasteiger charge is -2.13. The summed E-state index contributed by atoms with van der Waals surface area (Å²) in [5.74, 6) is 2.41. The number of nitrogens with one attached hydrogen (secondary N) is 1. The zero-order valence-corrected chi connectivity index (χ0v) is 20.2. The lowest BCUT2D eigenvalue weighted by Crippen LogP contribution is -2.08. The van der Waals surface area contributed by atoms with Crippen LogP contribution in [0.15, 0.2) is 58.8 Å². The van der Waals surface area contributed by atoms with Crippen molar-refractivity contribution in [3.63, 3.8) is 0 Å². The maximum atomic E-state index is 5.41. The molecule has 2 aromatic heterocycles. The number of para-hydroxylation sites is 1. The van der Waals surface area contributed by atoms with Crippen LogP contribution >= 0.6 is 0 Å². The molecule has 0 unspecified atom stereocenters. The number of methoxy groups -OCH3 is 3. The second kappa shape index (κ2) is 10.6. The van der Waals surface area contributed by atoms with Gasteiger partial charge in [0.2, 0.25) is 11.7 Å². The van der Waals surface area contributed by atoms with Gasteiger partial charge >= 0.3 is 0 Å². The minimum absolute atomic E-state index is 0.147. The number of anilines is 2. The molecule has 11 heteroatoms. The lowest BCUT2D eigenvalue weighted by molar-refractivity contribution is 0.324. The number of hydrogen-bond acceptors (Lipinski definition) is 10. The summed E-state index contributed by atoms with van der Waals surface area (Å²) in [4.78, 5) is 13.4. The first kappa shape index (κ1) is 23.6. The van der Waals surface area contributed by atoms with Gasteiger partial charge in [-0.05, 0) is 49.7 Å². The van der Waals surface area contributed by atoms with E-state index in [4.69, 9.17) is 14.2 Å². The van der Waals surface area contributed by atoms with Crippen molar-refractivity contribution in [3.8, 4) is 23.2 Å². The van der Waals surface area contributed by atoms with Crippen LogP contribution in [0.25, 0.3) is 5.95 Å². The Morgan fingerprint density at radius 1 is 0.886 bits per heavy atom. The molecule has 0 spiro atoms. The van der Waals surface area contributed by atoms with Gasteiger partial charge in [0.05, 0.1) is 33.6 Å². The fourth-order valence-corrected chi connectivity index (χ4v) is 3.44. The van der Waals surface area contributed by atoms with Crippen LogP contribution in [0, 0.1) is 13.8 Å². The van der Waals surface area contributed by atoms with E-state index in [1.807, 2.05) is 62.4 Å². The van der Waals surface area contributed by atoms with Crippen molar-refractivity contribution in [1.82, 2.24) is 24.7 Å². The van der Waals surface area contributed by atoms with Crippen molar-refractivity contribution in [1.29, 1.82) is 0 Å². The van der Waals surface area contributed by atoms with Gasteiger partial charge in [0.15, 0.2) is 11.5 Å². The molecule has 0 aliphatic carbocycles. The minimum Gasteiger partial charge on any atom is -0.493 e. The SMILES string of the molecule is COc1cc(CN=Nc2nc(Nc3ccccc3)nc(-n3nc(C)cc3C)n2)cc(OC)c1OC. The Kier molecular flexibility index (Phi) is 7.15. The molecule has 0 aliphatic rings. The van der Waals surface area contributed by atoms with Gasteiger partial charge in [-0.3, -0.25) is 0 Å². The molecular weight excluding hydrogens is 448 g/mol. The molecule has 0 bridgehead atoms. The fourth-order valence-electron chi connectivity index (χ4n) is 3.44. The molecule has 35 heavy (non-hydrogen) atoms. The molecule has 0 aliphatic heterocycles. The number of aryl methyl sites for hydroxylation is 2. The average Bonchev–Trinajstić information content (AvgIpc) is 3.21. The summed E-state index contributed by atoms with van der Waals surface area (Å²) < 4.78 is 17.8. The van der Waals surface area contributed by atoms with Gasteiger partial charge in [-0.15, -0.1) is 5.11 Å². The summed E-state index contributed by atoms with van der Waals surface area (Å²) in [6.07, 6.45) is 0. The van der Waals surface area contributed by atoms with Gasteiger partial charge in [0, 0.05) is 11.4 Å². The van der Waals surface area contributed by atoms with Gasteiger partial charge in [-0.1, -0.05) is 18.2 Å². The Bertz CT molecular complexity index is 1310. The van der Waals surface area contributed by atoms with E-state index in [2.05, 4.69) is 35.6 Å². The zero-order valence-electron chi connectivity index (χ0n) is 20.2. The standard InChI is InChI=1S/C24H26N8O3/c1-15-11-16(2)32(31-15)24-28-22(26-18-9-7-6-8-10-18)27-23(29-24)30-25-14-17-12-19(33-3)21(35-5)20(13-17)34-4/h6-13H,14H2,1-5H3,(H,26,27,28,29). The third kappa shape index (κ3) is 5.52. The number of ether oxygens (including phenoxy) is 3. The first-order valence-electron chi connectivity index (χ1n) is 10.8. The van der Waals surface area contributed by atoms with Crippen molar-refractivity contribution in [2.45, 2.75) is 20.4 Å². The van der Waals surface area contributed by atoms with Crippen molar-refractivity contribution >= 4 is 17.6 Å². The average molecular weight is 475 g/mol. The van der Waals surface area contributed by atoms with Crippen LogP contribution in [0.3, 0.4) is 0 Å². The predicted octanol–water partition coefficient (Wildman–Crippen LogP) is 4.73. The Morgan fingerprint density at radius 3 is 2.20 bits per heavy atom. The van der Waals surface area contributed by atoms with E-state index in [1.165, 1.54) is 0 Å². The molecule has 4 rings (SSSR count). The largest absolute Gasteiger partial charge is 0.493 e.